The Balaban J connectivity index is -0.00000000800. The fourth-order valence-electron chi connectivity index (χ4n) is 0. The van der Waals surface area contributed by atoms with Crippen LogP contribution in [0.15, 0.2) is 0 Å². The molecule has 0 saturated heterocycles. The average Bonchev–Trinajstić information content (AvgIpc) is 0.722. The summed E-state index contributed by atoms with van der Waals surface area (Å²) in [5.41, 5.74) is 0. The SMILES string of the molecule is O=P([O-])([O-])[O-].[Ca+2].[Ca+2].[Ca+2].[Ca+2].[F-]. The zero-order valence-electron chi connectivity index (χ0n) is 5.29. The first-order chi connectivity index (χ1) is 2.00. The summed E-state index contributed by atoms with van der Waals surface area (Å²) in [4.78, 5) is 25.6. The minimum Gasteiger partial charge on any atom is -1.00 e. The molecule has 0 aliphatic carbocycles. The van der Waals surface area contributed by atoms with E-state index in [1.807, 2.05) is 0 Å². The summed E-state index contributed by atoms with van der Waals surface area (Å²) in [5.74, 6) is 0. The van der Waals surface area contributed by atoms with Crippen LogP contribution in [0.5, 0.6) is 0 Å². The van der Waals surface area contributed by atoms with Gasteiger partial charge in [-0.2, -0.15) is 7.82 Å². The Labute approximate surface area is 177 Å². The van der Waals surface area contributed by atoms with Crippen LogP contribution in [-0.2, 0) is 4.57 Å². The van der Waals surface area contributed by atoms with Crippen molar-refractivity contribution in [2.45, 2.75) is 0 Å². The third kappa shape index (κ3) is 74.0. The molecule has 0 N–H and O–H groups in total. The number of halogens is 1. The van der Waals surface area contributed by atoms with Gasteiger partial charge in [0.25, 0.3) is 0 Å². The smallest absolute Gasteiger partial charge is 1.00 e. The van der Waals surface area contributed by atoms with Crippen LogP contribution >= 0.6 is 7.82 Å². The molecule has 4 nitrogen and oxygen atoms in total. The third-order valence-electron chi connectivity index (χ3n) is 0. The second kappa shape index (κ2) is 19.6. The molecule has 0 heterocycles. The van der Waals surface area contributed by atoms with Crippen LogP contribution in [0.3, 0.4) is 0 Å². The van der Waals surface area contributed by atoms with E-state index < -0.39 is 7.82 Å². The van der Waals surface area contributed by atoms with Gasteiger partial charge in [0.1, 0.15) is 0 Å². The molecule has 0 unspecified atom stereocenters. The van der Waals surface area contributed by atoms with Gasteiger partial charge < -0.3 is 23.9 Å². The van der Waals surface area contributed by atoms with E-state index in [0.717, 1.165) is 0 Å². The molecule has 0 radical (unpaired) electrons. The molecule has 0 aliphatic rings. The second-order valence-electron chi connectivity index (χ2n) is 0.447. The predicted molar refractivity (Wildman–Crippen MR) is 30.6 cm³/mol. The zero-order valence-corrected chi connectivity index (χ0v) is 15.0. The van der Waals surface area contributed by atoms with Crippen LogP contribution in [0.2, 0.25) is 0 Å². The Bertz CT molecular complexity index is 63.4. The monoisotopic (exact) mass is 274 g/mol. The van der Waals surface area contributed by atoms with Crippen LogP contribution in [0.25, 0.3) is 0 Å². The predicted octanol–water partition coefficient (Wildman–Crippen LogP) is -7.34. The van der Waals surface area contributed by atoms with Gasteiger partial charge in [0.05, 0.1) is 0 Å². The number of hydrogen-bond donors (Lipinski definition) is 0. The van der Waals surface area contributed by atoms with Crippen LogP contribution < -0.4 is 19.4 Å². The topological polar surface area (TPSA) is 86.2 Å². The molecule has 0 fully saturated rings. The maximum atomic E-state index is 8.55. The van der Waals surface area contributed by atoms with Gasteiger partial charge in [0.15, 0.2) is 0 Å². The molecule has 0 spiro atoms. The largest absolute Gasteiger partial charge is 2.00 e. The van der Waals surface area contributed by atoms with Gasteiger partial charge in [-0.1, -0.05) is 0 Å². The van der Waals surface area contributed by atoms with Crippen molar-refractivity contribution in [1.29, 1.82) is 0 Å². The molecule has 0 aromatic heterocycles. The molecule has 0 atom stereocenters. The molecular formula is Ca4FO4P+4. The number of phosphoric acid groups is 1. The summed E-state index contributed by atoms with van der Waals surface area (Å²) in [5, 5.41) is 0. The van der Waals surface area contributed by atoms with Gasteiger partial charge in [-0.15, -0.1) is 0 Å². The van der Waals surface area contributed by atoms with Crippen molar-refractivity contribution in [3.63, 3.8) is 0 Å². The summed E-state index contributed by atoms with van der Waals surface area (Å²) in [7, 11) is -5.39. The van der Waals surface area contributed by atoms with Crippen molar-refractivity contribution < 1.29 is 23.9 Å². The van der Waals surface area contributed by atoms with Gasteiger partial charge in [-0.3, -0.25) is 0 Å². The molecule has 10 heavy (non-hydrogen) atoms. The summed E-state index contributed by atoms with van der Waals surface area (Å²) in [6.45, 7) is 0. The Hall–Kier alpha value is 5.08. The fraction of sp³-hybridized carbons (Fsp3) is 0. The Morgan fingerprint density at radius 2 is 0.800 bits per heavy atom. The summed E-state index contributed by atoms with van der Waals surface area (Å²) >= 11 is 0. The van der Waals surface area contributed by atoms with Crippen LogP contribution in [0.4, 0.5) is 0 Å². The normalized spacial score (nSPS) is 5.90. The average molecular weight is 274 g/mol. The van der Waals surface area contributed by atoms with E-state index in [1.165, 1.54) is 0 Å². The third-order valence-corrected chi connectivity index (χ3v) is 0. The number of rotatable bonds is 0. The second-order valence-corrected chi connectivity index (χ2v) is 1.34. The maximum Gasteiger partial charge on any atom is 2.00 e. The molecule has 0 aliphatic heterocycles. The van der Waals surface area contributed by atoms with Crippen LogP contribution in [-0.4, -0.2) is 151 Å². The first-order valence-electron chi connectivity index (χ1n) is 0.730. The van der Waals surface area contributed by atoms with Crippen molar-refractivity contribution in [3.05, 3.63) is 0 Å². The Morgan fingerprint density at radius 3 is 0.800 bits per heavy atom. The summed E-state index contributed by atoms with van der Waals surface area (Å²) in [6.07, 6.45) is 0. The molecule has 0 bridgehead atoms. The maximum absolute atomic E-state index is 8.55. The van der Waals surface area contributed by atoms with E-state index in [0.29, 0.717) is 0 Å². The molecule has 40 valence electrons. The first-order valence-corrected chi connectivity index (χ1v) is 2.19. The standard InChI is InChI=1S/4Ca.FH.H3O4P/c;;;;;1-5(2,3)4/h;;;;1H;(H3,1,2,3,4)/q4*+2;;/p-4. The van der Waals surface area contributed by atoms with E-state index in [-0.39, 0.29) is 156 Å². The first kappa shape index (κ1) is 36.3. The van der Waals surface area contributed by atoms with Gasteiger partial charge in [0, 0.05) is 0 Å². The molecule has 0 aromatic rings. The van der Waals surface area contributed by atoms with E-state index in [1.54, 1.807) is 0 Å². The van der Waals surface area contributed by atoms with Gasteiger partial charge in [-0.25, -0.2) is 0 Å². The minimum atomic E-state index is -5.39. The van der Waals surface area contributed by atoms with Gasteiger partial charge in [0.2, 0.25) is 0 Å². The van der Waals surface area contributed by atoms with Crippen molar-refractivity contribution in [3.8, 4) is 0 Å². The van der Waals surface area contributed by atoms with Crippen molar-refractivity contribution >= 4 is 159 Å². The molecule has 10 heteroatoms. The van der Waals surface area contributed by atoms with Gasteiger partial charge >= 0.3 is 151 Å². The molecule has 0 aromatic carbocycles. The minimum absolute atomic E-state index is 0. The summed E-state index contributed by atoms with van der Waals surface area (Å²) in [6, 6.07) is 0. The van der Waals surface area contributed by atoms with E-state index in [4.69, 9.17) is 19.2 Å². The van der Waals surface area contributed by atoms with Crippen LogP contribution in [0, 0.1) is 0 Å². The fourth-order valence-corrected chi connectivity index (χ4v) is 0. The zero-order chi connectivity index (χ0) is 4.50. The van der Waals surface area contributed by atoms with Crippen molar-refractivity contribution in [2.75, 3.05) is 0 Å². The Morgan fingerprint density at radius 1 is 0.800 bits per heavy atom. The Kier molecular flexibility index (Phi) is 71.1. The van der Waals surface area contributed by atoms with E-state index >= 15 is 0 Å². The van der Waals surface area contributed by atoms with E-state index in [9.17, 15) is 0 Å². The molecule has 0 amide bonds. The molecule has 0 rings (SSSR count). The number of hydrogen-bond acceptors (Lipinski definition) is 4. The van der Waals surface area contributed by atoms with Crippen molar-refractivity contribution in [2.24, 2.45) is 0 Å². The van der Waals surface area contributed by atoms with E-state index in [2.05, 4.69) is 0 Å². The molecular weight excluding hydrogens is 274 g/mol. The molecule has 0 saturated carbocycles. The van der Waals surface area contributed by atoms with Crippen molar-refractivity contribution in [1.82, 2.24) is 0 Å². The van der Waals surface area contributed by atoms with Crippen LogP contribution in [0.1, 0.15) is 0 Å². The quantitative estimate of drug-likeness (QED) is 0.324. The van der Waals surface area contributed by atoms with Gasteiger partial charge in [-0.05, 0) is 0 Å². The summed E-state index contributed by atoms with van der Waals surface area (Å²) < 4.78 is 8.55.